The third kappa shape index (κ3) is 8.97. The lowest BCUT2D eigenvalue weighted by molar-refractivity contribution is 0.436. The summed E-state index contributed by atoms with van der Waals surface area (Å²) in [7, 11) is 0. The van der Waals surface area contributed by atoms with Crippen LogP contribution in [0.1, 0.15) is 90.4 Å². The highest BCUT2D eigenvalue weighted by molar-refractivity contribution is 4.81. The Morgan fingerprint density at radius 2 is 1.45 bits per heavy atom. The van der Waals surface area contributed by atoms with Gasteiger partial charge in [-0.15, -0.1) is 0 Å². The topological polar surface area (TPSA) is 38.0 Å². The second-order valence-electron chi connectivity index (χ2n) is 6.74. The number of hydrogen-bond acceptors (Lipinski definition) is 2. The molecule has 2 nitrogen and oxygen atoms in total. The standard InChI is InChI=1S/C18H38N2/c1-2-3-4-5-6-7-8-9-10-11-15-20-16-17-13-12-14-18(17)19/h17-18,20H,2-16,19H2,1H3. The van der Waals surface area contributed by atoms with E-state index in [2.05, 4.69) is 12.2 Å². The van der Waals surface area contributed by atoms with Crippen molar-refractivity contribution in [2.45, 2.75) is 96.4 Å². The molecule has 0 aromatic carbocycles. The maximum atomic E-state index is 6.08. The molecule has 0 amide bonds. The van der Waals surface area contributed by atoms with Crippen LogP contribution in [0.25, 0.3) is 0 Å². The molecule has 0 radical (unpaired) electrons. The lowest BCUT2D eigenvalue weighted by atomic mass is 10.0. The summed E-state index contributed by atoms with van der Waals surface area (Å²) >= 11 is 0. The Hall–Kier alpha value is -0.0800. The maximum Gasteiger partial charge on any atom is 0.00792 e. The fourth-order valence-corrected chi connectivity index (χ4v) is 3.34. The first-order valence-corrected chi connectivity index (χ1v) is 9.31. The second-order valence-corrected chi connectivity index (χ2v) is 6.74. The third-order valence-corrected chi connectivity index (χ3v) is 4.83. The minimum Gasteiger partial charge on any atom is -0.327 e. The van der Waals surface area contributed by atoms with E-state index in [1.807, 2.05) is 0 Å². The average Bonchev–Trinajstić information content (AvgIpc) is 2.85. The van der Waals surface area contributed by atoms with Crippen molar-refractivity contribution in [1.29, 1.82) is 0 Å². The lowest BCUT2D eigenvalue weighted by Gasteiger charge is -2.15. The van der Waals surface area contributed by atoms with E-state index < -0.39 is 0 Å². The number of rotatable bonds is 13. The molecule has 2 atom stereocenters. The monoisotopic (exact) mass is 282 g/mol. The summed E-state index contributed by atoms with van der Waals surface area (Å²) in [6, 6.07) is 0.468. The van der Waals surface area contributed by atoms with Crippen LogP contribution >= 0.6 is 0 Å². The number of hydrogen-bond donors (Lipinski definition) is 2. The van der Waals surface area contributed by atoms with Gasteiger partial charge < -0.3 is 11.1 Å². The van der Waals surface area contributed by atoms with Crippen molar-refractivity contribution in [3.63, 3.8) is 0 Å². The van der Waals surface area contributed by atoms with Crippen molar-refractivity contribution in [1.82, 2.24) is 5.32 Å². The van der Waals surface area contributed by atoms with Gasteiger partial charge in [0.25, 0.3) is 0 Å². The van der Waals surface area contributed by atoms with Crippen LogP contribution in [0.4, 0.5) is 0 Å². The van der Waals surface area contributed by atoms with Crippen molar-refractivity contribution in [2.24, 2.45) is 11.7 Å². The molecule has 0 bridgehead atoms. The summed E-state index contributed by atoms with van der Waals surface area (Å²) in [6.45, 7) is 4.63. The zero-order valence-electron chi connectivity index (χ0n) is 13.8. The number of nitrogens with two attached hydrogens (primary N) is 1. The molecule has 1 rings (SSSR count). The fourth-order valence-electron chi connectivity index (χ4n) is 3.34. The SMILES string of the molecule is CCCCCCCCCCCCNCC1CCCC1N. The third-order valence-electron chi connectivity index (χ3n) is 4.83. The molecule has 0 heterocycles. The summed E-state index contributed by atoms with van der Waals surface area (Å²) in [5.74, 6) is 0.748. The Bertz CT molecular complexity index is 206. The Morgan fingerprint density at radius 1 is 0.850 bits per heavy atom. The Labute approximate surface area is 127 Å². The minimum absolute atomic E-state index is 0.468. The van der Waals surface area contributed by atoms with E-state index in [-0.39, 0.29) is 0 Å². The quantitative estimate of drug-likeness (QED) is 0.484. The van der Waals surface area contributed by atoms with Gasteiger partial charge in [0, 0.05) is 6.04 Å². The van der Waals surface area contributed by atoms with E-state index in [0.717, 1.165) is 12.5 Å². The molecule has 0 aliphatic heterocycles. The minimum atomic E-state index is 0.468. The molecule has 1 fully saturated rings. The number of unbranched alkanes of at least 4 members (excludes halogenated alkanes) is 9. The molecule has 1 aliphatic carbocycles. The van der Waals surface area contributed by atoms with Gasteiger partial charge in [0.2, 0.25) is 0 Å². The molecule has 0 aromatic heterocycles. The van der Waals surface area contributed by atoms with Crippen molar-refractivity contribution in [3.8, 4) is 0 Å². The van der Waals surface area contributed by atoms with Crippen LogP contribution in [0.15, 0.2) is 0 Å². The maximum absolute atomic E-state index is 6.08. The first-order valence-electron chi connectivity index (χ1n) is 9.31. The predicted octanol–water partition coefficient (Wildman–Crippen LogP) is 4.62. The van der Waals surface area contributed by atoms with Crippen molar-refractivity contribution in [3.05, 3.63) is 0 Å². The van der Waals surface area contributed by atoms with Crippen molar-refractivity contribution >= 4 is 0 Å². The summed E-state index contributed by atoms with van der Waals surface area (Å²) in [5.41, 5.74) is 6.08. The van der Waals surface area contributed by atoms with Crippen LogP contribution in [0.3, 0.4) is 0 Å². The summed E-state index contributed by atoms with van der Waals surface area (Å²) < 4.78 is 0. The average molecular weight is 283 g/mol. The van der Waals surface area contributed by atoms with Crippen LogP contribution in [-0.2, 0) is 0 Å². The molecule has 1 aliphatic rings. The van der Waals surface area contributed by atoms with Crippen LogP contribution in [0, 0.1) is 5.92 Å². The highest BCUT2D eigenvalue weighted by atomic mass is 14.9. The zero-order chi connectivity index (χ0) is 14.5. The van der Waals surface area contributed by atoms with Gasteiger partial charge in [-0.1, -0.05) is 71.1 Å². The largest absolute Gasteiger partial charge is 0.327 e. The second kappa shape index (κ2) is 12.6. The Balaban J connectivity index is 1.72. The van der Waals surface area contributed by atoms with Gasteiger partial charge in [-0.05, 0) is 38.3 Å². The normalized spacial score (nSPS) is 22.5. The van der Waals surface area contributed by atoms with E-state index in [4.69, 9.17) is 5.73 Å². The predicted molar refractivity (Wildman–Crippen MR) is 90.0 cm³/mol. The van der Waals surface area contributed by atoms with Crippen LogP contribution in [-0.4, -0.2) is 19.1 Å². The number of nitrogens with one attached hydrogen (secondary N) is 1. The lowest BCUT2D eigenvalue weighted by Crippen LogP contribution is -2.33. The first kappa shape index (κ1) is 18.0. The van der Waals surface area contributed by atoms with E-state index >= 15 is 0 Å². The van der Waals surface area contributed by atoms with Gasteiger partial charge >= 0.3 is 0 Å². The van der Waals surface area contributed by atoms with Gasteiger partial charge in [0.05, 0.1) is 0 Å². The van der Waals surface area contributed by atoms with Crippen LogP contribution < -0.4 is 11.1 Å². The fraction of sp³-hybridized carbons (Fsp3) is 1.00. The molecule has 0 aromatic rings. The summed E-state index contributed by atoms with van der Waals surface area (Å²) in [5, 5.41) is 3.60. The summed E-state index contributed by atoms with van der Waals surface area (Å²) in [4.78, 5) is 0. The van der Waals surface area contributed by atoms with Gasteiger partial charge in [0.1, 0.15) is 0 Å². The molecule has 3 N–H and O–H groups in total. The van der Waals surface area contributed by atoms with Crippen molar-refractivity contribution < 1.29 is 0 Å². The van der Waals surface area contributed by atoms with Gasteiger partial charge in [-0.3, -0.25) is 0 Å². The molecule has 20 heavy (non-hydrogen) atoms. The van der Waals surface area contributed by atoms with Crippen LogP contribution in [0.5, 0.6) is 0 Å². The molecular weight excluding hydrogens is 244 g/mol. The van der Waals surface area contributed by atoms with Crippen molar-refractivity contribution in [2.75, 3.05) is 13.1 Å². The smallest absolute Gasteiger partial charge is 0.00792 e. The molecule has 2 unspecified atom stereocenters. The summed E-state index contributed by atoms with van der Waals surface area (Å²) in [6.07, 6.45) is 18.1. The Morgan fingerprint density at radius 3 is 2.00 bits per heavy atom. The molecular formula is C18H38N2. The van der Waals surface area contributed by atoms with Gasteiger partial charge in [0.15, 0.2) is 0 Å². The highest BCUT2D eigenvalue weighted by Gasteiger charge is 2.22. The molecule has 0 spiro atoms. The Kier molecular flexibility index (Phi) is 11.4. The van der Waals surface area contributed by atoms with E-state index in [9.17, 15) is 0 Å². The molecule has 2 heteroatoms. The zero-order valence-corrected chi connectivity index (χ0v) is 13.8. The van der Waals surface area contributed by atoms with E-state index in [1.165, 1.54) is 90.0 Å². The van der Waals surface area contributed by atoms with E-state index in [0.29, 0.717) is 6.04 Å². The van der Waals surface area contributed by atoms with E-state index in [1.54, 1.807) is 0 Å². The molecule has 120 valence electrons. The van der Waals surface area contributed by atoms with Crippen LogP contribution in [0.2, 0.25) is 0 Å². The van der Waals surface area contributed by atoms with Gasteiger partial charge in [-0.25, -0.2) is 0 Å². The molecule has 0 saturated heterocycles. The molecule has 1 saturated carbocycles. The first-order chi connectivity index (χ1) is 9.84. The highest BCUT2D eigenvalue weighted by Crippen LogP contribution is 2.22. The van der Waals surface area contributed by atoms with Gasteiger partial charge in [-0.2, -0.15) is 0 Å².